The number of ether oxygens (including phenoxy) is 2. The molecule has 0 atom stereocenters. The Morgan fingerprint density at radius 1 is 1.32 bits per heavy atom. The quantitative estimate of drug-likeness (QED) is 0.463. The molecule has 1 aromatic heterocycles. The second-order valence-corrected chi connectivity index (χ2v) is 6.06. The number of fused-ring (bicyclic) bond motifs is 1. The summed E-state index contributed by atoms with van der Waals surface area (Å²) in [4.78, 5) is 23.3. The van der Waals surface area contributed by atoms with E-state index < -0.39 is 4.92 Å². The van der Waals surface area contributed by atoms with E-state index in [1.165, 1.54) is 20.3 Å². The van der Waals surface area contributed by atoms with E-state index in [1.807, 2.05) is 0 Å². The minimum Gasteiger partial charge on any atom is -0.493 e. The number of hydrogen-bond donors (Lipinski definition) is 3. The topological polar surface area (TPSA) is 131 Å². The van der Waals surface area contributed by atoms with Crippen LogP contribution in [0.25, 0.3) is 0 Å². The average molecular weight is 412 g/mol. The lowest BCUT2D eigenvalue weighted by molar-refractivity contribution is -0.385. The van der Waals surface area contributed by atoms with Crippen LogP contribution < -0.4 is 20.1 Å². The SMILES string of the molecule is COc1cc(CCNC(=O)c2n[nH]c3c2CNCC3)c([N+](=O)[O-])cc1OC.Cl. The summed E-state index contributed by atoms with van der Waals surface area (Å²) in [5.74, 6) is 0.379. The molecule has 0 radical (unpaired) electrons. The molecule has 0 bridgehead atoms. The normalized spacial score (nSPS) is 12.5. The number of nitrogens with one attached hydrogen (secondary N) is 3. The van der Waals surface area contributed by atoms with Crippen molar-refractivity contribution in [2.45, 2.75) is 19.4 Å². The fourth-order valence-corrected chi connectivity index (χ4v) is 3.09. The van der Waals surface area contributed by atoms with E-state index in [1.54, 1.807) is 6.07 Å². The Kier molecular flexibility index (Phi) is 7.18. The van der Waals surface area contributed by atoms with Gasteiger partial charge in [0, 0.05) is 42.9 Å². The molecular weight excluding hydrogens is 390 g/mol. The van der Waals surface area contributed by atoms with E-state index in [-0.39, 0.29) is 42.7 Å². The summed E-state index contributed by atoms with van der Waals surface area (Å²) in [6.45, 7) is 1.67. The molecule has 0 saturated carbocycles. The number of carbonyl (C=O) groups excluding carboxylic acids is 1. The monoisotopic (exact) mass is 411 g/mol. The van der Waals surface area contributed by atoms with E-state index in [2.05, 4.69) is 20.8 Å². The first-order chi connectivity index (χ1) is 13.0. The second-order valence-electron chi connectivity index (χ2n) is 6.06. The summed E-state index contributed by atoms with van der Waals surface area (Å²) >= 11 is 0. The molecule has 3 rings (SSSR count). The summed E-state index contributed by atoms with van der Waals surface area (Å²) in [6.07, 6.45) is 1.07. The van der Waals surface area contributed by atoms with Crippen molar-refractivity contribution in [3.63, 3.8) is 0 Å². The summed E-state index contributed by atoms with van der Waals surface area (Å²) in [5.41, 5.74) is 2.57. The van der Waals surface area contributed by atoms with Crippen LogP contribution in [0.4, 0.5) is 5.69 Å². The van der Waals surface area contributed by atoms with E-state index >= 15 is 0 Å². The number of nitro benzene ring substituents is 1. The largest absolute Gasteiger partial charge is 0.493 e. The zero-order chi connectivity index (χ0) is 19.4. The molecule has 1 aliphatic heterocycles. The van der Waals surface area contributed by atoms with Crippen LogP contribution in [-0.2, 0) is 19.4 Å². The molecule has 11 heteroatoms. The van der Waals surface area contributed by atoms with Gasteiger partial charge in [0.05, 0.1) is 25.2 Å². The molecule has 10 nitrogen and oxygen atoms in total. The number of aromatic amines is 1. The Morgan fingerprint density at radius 3 is 2.71 bits per heavy atom. The molecule has 28 heavy (non-hydrogen) atoms. The van der Waals surface area contributed by atoms with E-state index in [4.69, 9.17) is 9.47 Å². The first-order valence-electron chi connectivity index (χ1n) is 8.49. The molecular formula is C17H22ClN5O5. The first-order valence-corrected chi connectivity index (χ1v) is 8.49. The number of halogens is 1. The smallest absolute Gasteiger partial charge is 0.276 e. The lowest BCUT2D eigenvalue weighted by atomic mass is 10.1. The molecule has 1 aliphatic rings. The molecule has 1 aromatic carbocycles. The molecule has 0 fully saturated rings. The van der Waals surface area contributed by atoms with Crippen LogP contribution >= 0.6 is 12.4 Å². The fraction of sp³-hybridized carbons (Fsp3) is 0.412. The van der Waals surface area contributed by atoms with Gasteiger partial charge in [0.1, 0.15) is 0 Å². The number of benzene rings is 1. The number of amides is 1. The number of aromatic nitrogens is 2. The summed E-state index contributed by atoms with van der Waals surface area (Å²) in [6, 6.07) is 2.88. The lowest BCUT2D eigenvalue weighted by Gasteiger charge is -2.13. The van der Waals surface area contributed by atoms with Gasteiger partial charge < -0.3 is 20.1 Å². The Labute approximate surface area is 167 Å². The van der Waals surface area contributed by atoms with Crippen molar-refractivity contribution >= 4 is 24.0 Å². The number of hydrogen-bond acceptors (Lipinski definition) is 7. The van der Waals surface area contributed by atoms with Crippen molar-refractivity contribution in [3.05, 3.63) is 44.8 Å². The van der Waals surface area contributed by atoms with Crippen molar-refractivity contribution in [1.29, 1.82) is 0 Å². The third kappa shape index (κ3) is 4.34. The van der Waals surface area contributed by atoms with Crippen LogP contribution in [0.2, 0.25) is 0 Å². The van der Waals surface area contributed by atoms with Crippen molar-refractivity contribution in [1.82, 2.24) is 20.8 Å². The molecule has 1 amide bonds. The minimum absolute atomic E-state index is 0. The maximum atomic E-state index is 12.4. The van der Waals surface area contributed by atoms with Gasteiger partial charge in [-0.1, -0.05) is 0 Å². The van der Waals surface area contributed by atoms with Gasteiger partial charge in [0.2, 0.25) is 0 Å². The van der Waals surface area contributed by atoms with Crippen molar-refractivity contribution in [2.75, 3.05) is 27.3 Å². The van der Waals surface area contributed by atoms with Crippen LogP contribution in [0.1, 0.15) is 27.3 Å². The van der Waals surface area contributed by atoms with Gasteiger partial charge in [-0.2, -0.15) is 5.10 Å². The van der Waals surface area contributed by atoms with Gasteiger partial charge in [-0.3, -0.25) is 20.0 Å². The number of rotatable bonds is 7. The van der Waals surface area contributed by atoms with Gasteiger partial charge in [-0.25, -0.2) is 0 Å². The third-order valence-corrected chi connectivity index (χ3v) is 4.48. The molecule has 0 saturated heterocycles. The summed E-state index contributed by atoms with van der Waals surface area (Å²) < 4.78 is 10.3. The zero-order valence-corrected chi connectivity index (χ0v) is 16.4. The molecule has 3 N–H and O–H groups in total. The zero-order valence-electron chi connectivity index (χ0n) is 15.5. The van der Waals surface area contributed by atoms with Crippen LogP contribution in [0.3, 0.4) is 0 Å². The van der Waals surface area contributed by atoms with Crippen LogP contribution in [0.15, 0.2) is 12.1 Å². The van der Waals surface area contributed by atoms with E-state index in [0.29, 0.717) is 23.6 Å². The minimum atomic E-state index is -0.477. The van der Waals surface area contributed by atoms with Gasteiger partial charge in [-0.15, -0.1) is 12.4 Å². The highest BCUT2D eigenvalue weighted by molar-refractivity contribution is 5.94. The predicted molar refractivity (Wildman–Crippen MR) is 103 cm³/mol. The third-order valence-electron chi connectivity index (χ3n) is 4.48. The van der Waals surface area contributed by atoms with Crippen LogP contribution in [0.5, 0.6) is 11.5 Å². The predicted octanol–water partition coefficient (Wildman–Crippen LogP) is 1.38. The Morgan fingerprint density at radius 2 is 2.04 bits per heavy atom. The van der Waals surface area contributed by atoms with Gasteiger partial charge in [-0.05, 0) is 12.5 Å². The standard InChI is InChI=1S/C17H21N5O5.ClH/c1-26-14-7-10(13(22(24)25)8-15(14)27-2)3-6-19-17(23)16-11-9-18-5-4-12(11)20-21-16;/h7-8,18H,3-6,9H2,1-2H3,(H,19,23)(H,20,21);1H. The highest BCUT2D eigenvalue weighted by Crippen LogP contribution is 2.34. The van der Waals surface area contributed by atoms with Crippen LogP contribution in [0, 0.1) is 10.1 Å². The average Bonchev–Trinajstić information content (AvgIpc) is 3.11. The van der Waals surface area contributed by atoms with E-state index in [0.717, 1.165) is 24.2 Å². The number of nitrogens with zero attached hydrogens (tertiary/aromatic N) is 2. The molecule has 0 unspecified atom stereocenters. The number of H-pyrrole nitrogens is 1. The second kappa shape index (κ2) is 9.38. The molecule has 0 aliphatic carbocycles. The highest BCUT2D eigenvalue weighted by Gasteiger charge is 2.22. The molecule has 152 valence electrons. The Hall–Kier alpha value is -2.85. The summed E-state index contributed by atoms with van der Waals surface area (Å²) in [5, 5.41) is 24.3. The number of carbonyl (C=O) groups is 1. The van der Waals surface area contributed by atoms with Gasteiger partial charge >= 0.3 is 0 Å². The summed E-state index contributed by atoms with van der Waals surface area (Å²) in [7, 11) is 2.88. The van der Waals surface area contributed by atoms with Crippen LogP contribution in [-0.4, -0.2) is 48.3 Å². The lowest BCUT2D eigenvalue weighted by Crippen LogP contribution is -2.29. The van der Waals surface area contributed by atoms with Crippen molar-refractivity contribution in [2.24, 2.45) is 0 Å². The first kappa shape index (κ1) is 21.5. The Bertz CT molecular complexity index is 870. The maximum absolute atomic E-state index is 12.4. The Balaban J connectivity index is 0.00000280. The van der Waals surface area contributed by atoms with Crippen molar-refractivity contribution in [3.8, 4) is 11.5 Å². The highest BCUT2D eigenvalue weighted by atomic mass is 35.5. The van der Waals surface area contributed by atoms with Gasteiger partial charge in [0.25, 0.3) is 11.6 Å². The molecule has 2 aromatic rings. The molecule has 2 heterocycles. The maximum Gasteiger partial charge on any atom is 0.276 e. The number of methoxy groups -OCH3 is 2. The van der Waals surface area contributed by atoms with E-state index in [9.17, 15) is 14.9 Å². The number of nitro groups is 1. The fourth-order valence-electron chi connectivity index (χ4n) is 3.09. The molecule has 0 spiro atoms. The van der Waals surface area contributed by atoms with Crippen molar-refractivity contribution < 1.29 is 19.2 Å². The van der Waals surface area contributed by atoms with Gasteiger partial charge in [0.15, 0.2) is 17.2 Å².